The van der Waals surface area contributed by atoms with E-state index in [9.17, 15) is 0 Å². The van der Waals surface area contributed by atoms with E-state index in [2.05, 4.69) is 30.1 Å². The summed E-state index contributed by atoms with van der Waals surface area (Å²) in [7, 11) is 0. The molecule has 4 heteroatoms. The van der Waals surface area contributed by atoms with Crippen molar-refractivity contribution in [3.05, 3.63) is 5.01 Å². The van der Waals surface area contributed by atoms with Gasteiger partial charge < -0.3 is 5.73 Å². The van der Waals surface area contributed by atoms with E-state index in [1.54, 1.807) is 0 Å². The standard InChI is InChI=1S/C12H21N3S/c1-12(2,3)9-6-4-8(5-7-9)10-14-11(13)15-16-10/h8-9H,4-7H2,1-3H3,(H2,13,15). The van der Waals surface area contributed by atoms with Crippen LogP contribution in [0.5, 0.6) is 0 Å². The summed E-state index contributed by atoms with van der Waals surface area (Å²) in [5.41, 5.74) is 6.02. The van der Waals surface area contributed by atoms with Gasteiger partial charge in [0, 0.05) is 5.92 Å². The molecule has 1 fully saturated rings. The summed E-state index contributed by atoms with van der Waals surface area (Å²) in [5.74, 6) is 1.90. The summed E-state index contributed by atoms with van der Waals surface area (Å²) in [6.45, 7) is 7.04. The van der Waals surface area contributed by atoms with Gasteiger partial charge in [0.05, 0.1) is 0 Å². The number of rotatable bonds is 1. The maximum absolute atomic E-state index is 5.57. The molecule has 1 aromatic heterocycles. The molecule has 0 aromatic carbocycles. The number of nitrogens with zero attached hydrogens (tertiary/aromatic N) is 2. The molecule has 0 radical (unpaired) electrons. The number of hydrogen-bond donors (Lipinski definition) is 1. The minimum Gasteiger partial charge on any atom is -0.367 e. The fourth-order valence-electron chi connectivity index (χ4n) is 2.62. The highest BCUT2D eigenvalue weighted by molar-refractivity contribution is 7.05. The number of nitrogens with two attached hydrogens (primary N) is 1. The average molecular weight is 239 g/mol. The van der Waals surface area contributed by atoms with Crippen molar-refractivity contribution >= 4 is 17.5 Å². The second kappa shape index (κ2) is 4.32. The van der Waals surface area contributed by atoms with Crippen LogP contribution in [0.25, 0.3) is 0 Å². The van der Waals surface area contributed by atoms with Gasteiger partial charge in [-0.2, -0.15) is 4.37 Å². The van der Waals surface area contributed by atoms with E-state index in [0.717, 1.165) is 10.9 Å². The highest BCUT2D eigenvalue weighted by Crippen LogP contribution is 2.43. The van der Waals surface area contributed by atoms with E-state index in [0.29, 0.717) is 17.3 Å². The fraction of sp³-hybridized carbons (Fsp3) is 0.833. The fourth-order valence-corrected chi connectivity index (χ4v) is 3.37. The third kappa shape index (κ3) is 2.54. The molecule has 2 N–H and O–H groups in total. The van der Waals surface area contributed by atoms with Crippen LogP contribution < -0.4 is 5.73 Å². The van der Waals surface area contributed by atoms with Crippen LogP contribution in [0.3, 0.4) is 0 Å². The average Bonchev–Trinajstić information content (AvgIpc) is 2.64. The van der Waals surface area contributed by atoms with E-state index in [4.69, 9.17) is 5.73 Å². The van der Waals surface area contributed by atoms with Crippen molar-refractivity contribution in [3.63, 3.8) is 0 Å². The Kier molecular flexibility index (Phi) is 3.19. The van der Waals surface area contributed by atoms with E-state index in [-0.39, 0.29) is 0 Å². The molecule has 0 spiro atoms. The van der Waals surface area contributed by atoms with E-state index in [1.165, 1.54) is 37.2 Å². The topological polar surface area (TPSA) is 51.8 Å². The van der Waals surface area contributed by atoms with Crippen molar-refractivity contribution in [2.75, 3.05) is 5.73 Å². The number of nitrogen functional groups attached to an aromatic ring is 1. The minimum atomic E-state index is 0.443. The van der Waals surface area contributed by atoms with Gasteiger partial charge in [0.15, 0.2) is 0 Å². The molecule has 1 saturated carbocycles. The molecule has 0 bridgehead atoms. The Morgan fingerprint density at radius 2 is 1.81 bits per heavy atom. The Labute approximate surface area is 102 Å². The normalized spacial score (nSPS) is 26.9. The Balaban J connectivity index is 1.95. The molecule has 1 aromatic rings. The first-order valence-corrected chi connectivity index (χ1v) is 6.83. The van der Waals surface area contributed by atoms with Crippen LogP contribution in [0, 0.1) is 11.3 Å². The predicted octanol–water partition coefficient (Wildman–Crippen LogP) is 3.44. The quantitative estimate of drug-likeness (QED) is 0.816. The van der Waals surface area contributed by atoms with Crippen molar-refractivity contribution < 1.29 is 0 Å². The lowest BCUT2D eigenvalue weighted by molar-refractivity contribution is 0.169. The van der Waals surface area contributed by atoms with Gasteiger partial charge in [0.2, 0.25) is 5.95 Å². The van der Waals surface area contributed by atoms with Gasteiger partial charge in [-0.3, -0.25) is 0 Å². The molecule has 0 unspecified atom stereocenters. The molecule has 1 aliphatic carbocycles. The minimum absolute atomic E-state index is 0.443. The van der Waals surface area contributed by atoms with Crippen LogP contribution >= 0.6 is 11.5 Å². The summed E-state index contributed by atoms with van der Waals surface area (Å²) in [4.78, 5) is 4.31. The number of aromatic nitrogens is 2. The van der Waals surface area contributed by atoms with Crippen LogP contribution in [-0.4, -0.2) is 9.36 Å². The van der Waals surface area contributed by atoms with Gasteiger partial charge in [-0.1, -0.05) is 20.8 Å². The Hall–Kier alpha value is -0.640. The van der Waals surface area contributed by atoms with Crippen LogP contribution in [0.15, 0.2) is 0 Å². The SMILES string of the molecule is CC(C)(C)C1CCC(c2nc(N)ns2)CC1. The zero-order chi connectivity index (χ0) is 11.8. The van der Waals surface area contributed by atoms with Gasteiger partial charge in [-0.15, -0.1) is 0 Å². The Morgan fingerprint density at radius 3 is 2.25 bits per heavy atom. The van der Waals surface area contributed by atoms with Gasteiger partial charge in [-0.25, -0.2) is 4.98 Å². The van der Waals surface area contributed by atoms with Crippen molar-refractivity contribution in [2.24, 2.45) is 11.3 Å². The van der Waals surface area contributed by atoms with Crippen molar-refractivity contribution in [1.82, 2.24) is 9.36 Å². The van der Waals surface area contributed by atoms with Crippen molar-refractivity contribution in [1.29, 1.82) is 0 Å². The zero-order valence-electron chi connectivity index (χ0n) is 10.4. The highest BCUT2D eigenvalue weighted by atomic mass is 32.1. The maximum Gasteiger partial charge on any atom is 0.232 e. The third-order valence-electron chi connectivity index (χ3n) is 3.76. The summed E-state index contributed by atoms with van der Waals surface area (Å²) < 4.78 is 4.07. The van der Waals surface area contributed by atoms with Crippen LogP contribution in [-0.2, 0) is 0 Å². The van der Waals surface area contributed by atoms with Gasteiger partial charge >= 0.3 is 0 Å². The molecule has 16 heavy (non-hydrogen) atoms. The van der Waals surface area contributed by atoms with E-state index < -0.39 is 0 Å². The van der Waals surface area contributed by atoms with Crippen molar-refractivity contribution in [3.8, 4) is 0 Å². The molecule has 1 heterocycles. The smallest absolute Gasteiger partial charge is 0.232 e. The molecule has 0 atom stereocenters. The molecule has 90 valence electrons. The molecule has 0 saturated heterocycles. The van der Waals surface area contributed by atoms with Crippen molar-refractivity contribution in [2.45, 2.75) is 52.4 Å². The molecule has 2 rings (SSSR count). The highest BCUT2D eigenvalue weighted by Gasteiger charge is 2.31. The monoisotopic (exact) mass is 239 g/mol. The van der Waals surface area contributed by atoms with E-state index in [1.807, 2.05) is 0 Å². The van der Waals surface area contributed by atoms with Gasteiger partial charge in [0.25, 0.3) is 0 Å². The zero-order valence-corrected chi connectivity index (χ0v) is 11.2. The molecule has 3 nitrogen and oxygen atoms in total. The van der Waals surface area contributed by atoms with Crippen LogP contribution in [0.2, 0.25) is 0 Å². The lowest BCUT2D eigenvalue weighted by Crippen LogP contribution is -2.25. The molecule has 0 aliphatic heterocycles. The predicted molar refractivity (Wildman–Crippen MR) is 68.5 cm³/mol. The summed E-state index contributed by atoms with van der Waals surface area (Å²) >= 11 is 1.48. The first-order valence-electron chi connectivity index (χ1n) is 6.06. The van der Waals surface area contributed by atoms with Crippen LogP contribution in [0.1, 0.15) is 57.4 Å². The second-order valence-corrected chi connectivity index (χ2v) is 6.69. The summed E-state index contributed by atoms with van der Waals surface area (Å²) in [6, 6.07) is 0. The lowest BCUT2D eigenvalue weighted by Gasteiger charge is -2.36. The summed E-state index contributed by atoms with van der Waals surface area (Å²) in [6.07, 6.45) is 5.12. The van der Waals surface area contributed by atoms with E-state index >= 15 is 0 Å². The maximum atomic E-state index is 5.57. The first kappa shape index (κ1) is 11.8. The molecule has 1 aliphatic rings. The summed E-state index contributed by atoms with van der Waals surface area (Å²) in [5, 5.41) is 1.14. The Bertz CT molecular complexity index is 345. The van der Waals surface area contributed by atoms with Crippen LogP contribution in [0.4, 0.5) is 5.95 Å². The molecule has 0 amide bonds. The van der Waals surface area contributed by atoms with Gasteiger partial charge in [0.1, 0.15) is 5.01 Å². The largest absolute Gasteiger partial charge is 0.367 e. The molecular weight excluding hydrogens is 218 g/mol. The number of anilines is 1. The number of hydrogen-bond acceptors (Lipinski definition) is 4. The lowest BCUT2D eigenvalue weighted by atomic mass is 9.70. The second-order valence-electron chi connectivity index (χ2n) is 5.91. The molecular formula is C12H21N3S. The van der Waals surface area contributed by atoms with Gasteiger partial charge in [-0.05, 0) is 48.5 Å². The Morgan fingerprint density at radius 1 is 1.19 bits per heavy atom. The first-order chi connectivity index (χ1) is 7.47. The third-order valence-corrected chi connectivity index (χ3v) is 4.65.